The maximum absolute atomic E-state index is 11.9. The number of rotatable bonds is 5. The molecule has 0 unspecified atom stereocenters. The lowest BCUT2D eigenvalue weighted by Crippen LogP contribution is -2.24. The first kappa shape index (κ1) is 15.6. The number of hydrogen-bond acceptors (Lipinski definition) is 2. The Kier molecular flexibility index (Phi) is 5.54. The number of carbonyl (C=O) groups is 2. The van der Waals surface area contributed by atoms with Crippen LogP contribution in [0.3, 0.4) is 0 Å². The maximum atomic E-state index is 11.9. The smallest absolute Gasteiger partial charge is 0.323 e. The molecule has 0 saturated carbocycles. The van der Waals surface area contributed by atoms with E-state index in [9.17, 15) is 9.59 Å². The average Bonchev–Trinajstić information content (AvgIpc) is 2.53. The van der Waals surface area contributed by atoms with Crippen molar-refractivity contribution in [1.29, 1.82) is 0 Å². The highest BCUT2D eigenvalue weighted by molar-refractivity contribution is 6.01. The van der Waals surface area contributed by atoms with Gasteiger partial charge in [0.05, 0.1) is 0 Å². The Balaban J connectivity index is 1.98. The second-order valence-corrected chi connectivity index (χ2v) is 4.78. The van der Waals surface area contributed by atoms with Crippen LogP contribution in [0.4, 0.5) is 16.2 Å². The van der Waals surface area contributed by atoms with Gasteiger partial charge in [0.1, 0.15) is 0 Å². The van der Waals surface area contributed by atoms with Crippen LogP contribution in [0, 0.1) is 0 Å². The van der Waals surface area contributed by atoms with Crippen molar-refractivity contribution in [3.05, 3.63) is 60.2 Å². The number of para-hydroxylation sites is 1. The first-order valence-electron chi connectivity index (χ1n) is 7.20. The van der Waals surface area contributed by atoms with Crippen molar-refractivity contribution in [3.8, 4) is 0 Å². The zero-order chi connectivity index (χ0) is 15.8. The monoisotopic (exact) mass is 297 g/mol. The van der Waals surface area contributed by atoms with Gasteiger partial charge in [-0.25, -0.2) is 4.79 Å². The number of urea groups is 1. The molecule has 22 heavy (non-hydrogen) atoms. The Hall–Kier alpha value is -2.82. The fraction of sp³-hybridized carbons (Fsp3) is 0.176. The summed E-state index contributed by atoms with van der Waals surface area (Å²) < 4.78 is 0. The van der Waals surface area contributed by atoms with Crippen LogP contribution in [0.25, 0.3) is 0 Å². The molecule has 0 fully saturated rings. The van der Waals surface area contributed by atoms with E-state index < -0.39 is 0 Å². The van der Waals surface area contributed by atoms with Gasteiger partial charge in [-0.15, -0.1) is 0 Å². The number of amides is 3. The molecule has 2 aromatic rings. The molecule has 5 nitrogen and oxygen atoms in total. The van der Waals surface area contributed by atoms with E-state index in [1.807, 2.05) is 25.1 Å². The van der Waals surface area contributed by atoms with E-state index >= 15 is 0 Å². The quantitative estimate of drug-likeness (QED) is 0.791. The Morgan fingerprint density at radius 3 is 2.32 bits per heavy atom. The van der Waals surface area contributed by atoms with Crippen LogP contribution in [0.2, 0.25) is 0 Å². The lowest BCUT2D eigenvalue weighted by atomic mass is 10.2. The molecule has 0 aliphatic carbocycles. The summed E-state index contributed by atoms with van der Waals surface area (Å²) in [5.74, 6) is -0.144. The fourth-order valence-corrected chi connectivity index (χ4v) is 1.89. The third-order valence-corrected chi connectivity index (χ3v) is 2.95. The van der Waals surface area contributed by atoms with E-state index in [-0.39, 0.29) is 11.9 Å². The third-order valence-electron chi connectivity index (χ3n) is 2.95. The summed E-state index contributed by atoms with van der Waals surface area (Å²) in [4.78, 5) is 23.8. The molecule has 0 atom stereocenters. The predicted octanol–water partition coefficient (Wildman–Crippen LogP) is 3.47. The summed E-state index contributed by atoms with van der Waals surface area (Å²) in [6.45, 7) is 2.62. The maximum Gasteiger partial charge on any atom is 0.323 e. The van der Waals surface area contributed by atoms with Crippen molar-refractivity contribution in [3.63, 3.8) is 0 Å². The van der Waals surface area contributed by atoms with Gasteiger partial charge in [-0.05, 0) is 36.8 Å². The van der Waals surface area contributed by atoms with Gasteiger partial charge in [-0.3, -0.25) is 4.79 Å². The molecular formula is C17H19N3O2. The molecule has 2 aromatic carbocycles. The molecular weight excluding hydrogens is 278 g/mol. The predicted molar refractivity (Wildman–Crippen MR) is 88.1 cm³/mol. The lowest BCUT2D eigenvalue weighted by molar-refractivity contribution is 0.0953. The average molecular weight is 297 g/mol. The van der Waals surface area contributed by atoms with Crippen molar-refractivity contribution in [1.82, 2.24) is 5.32 Å². The zero-order valence-electron chi connectivity index (χ0n) is 12.4. The van der Waals surface area contributed by atoms with Gasteiger partial charge >= 0.3 is 6.03 Å². The molecule has 2 rings (SSSR count). The molecule has 0 heterocycles. The van der Waals surface area contributed by atoms with Gasteiger partial charge in [-0.2, -0.15) is 0 Å². The first-order valence-corrected chi connectivity index (χ1v) is 7.20. The van der Waals surface area contributed by atoms with Crippen molar-refractivity contribution in [2.24, 2.45) is 0 Å². The molecule has 0 spiro atoms. The van der Waals surface area contributed by atoms with Crippen molar-refractivity contribution < 1.29 is 9.59 Å². The van der Waals surface area contributed by atoms with E-state index in [1.54, 1.807) is 36.4 Å². The highest BCUT2D eigenvalue weighted by Gasteiger charge is 2.07. The Morgan fingerprint density at radius 1 is 0.909 bits per heavy atom. The van der Waals surface area contributed by atoms with E-state index in [2.05, 4.69) is 16.0 Å². The molecule has 0 aliphatic rings. The fourth-order valence-electron chi connectivity index (χ4n) is 1.89. The first-order chi connectivity index (χ1) is 10.7. The largest absolute Gasteiger partial charge is 0.352 e. The van der Waals surface area contributed by atoms with Gasteiger partial charge in [0, 0.05) is 23.5 Å². The highest BCUT2D eigenvalue weighted by atomic mass is 16.2. The summed E-state index contributed by atoms with van der Waals surface area (Å²) in [5, 5.41) is 8.24. The van der Waals surface area contributed by atoms with Crippen LogP contribution in [-0.2, 0) is 0 Å². The van der Waals surface area contributed by atoms with Crippen molar-refractivity contribution in [2.45, 2.75) is 13.3 Å². The minimum absolute atomic E-state index is 0.144. The highest BCUT2D eigenvalue weighted by Crippen LogP contribution is 2.12. The Morgan fingerprint density at radius 2 is 1.59 bits per heavy atom. The summed E-state index contributed by atoms with van der Waals surface area (Å²) in [7, 11) is 0. The normalized spacial score (nSPS) is 9.86. The number of carbonyl (C=O) groups excluding carboxylic acids is 2. The minimum Gasteiger partial charge on any atom is -0.352 e. The van der Waals surface area contributed by atoms with Crippen LogP contribution in [0.1, 0.15) is 23.7 Å². The molecule has 5 heteroatoms. The number of benzene rings is 2. The van der Waals surface area contributed by atoms with Gasteiger partial charge in [0.2, 0.25) is 0 Å². The number of nitrogens with one attached hydrogen (secondary N) is 3. The van der Waals surface area contributed by atoms with Crippen LogP contribution in [0.5, 0.6) is 0 Å². The van der Waals surface area contributed by atoms with Gasteiger partial charge in [-0.1, -0.05) is 31.2 Å². The zero-order valence-corrected chi connectivity index (χ0v) is 12.4. The summed E-state index contributed by atoms with van der Waals surface area (Å²) in [6.07, 6.45) is 0.878. The summed E-state index contributed by atoms with van der Waals surface area (Å²) in [5.41, 5.74) is 1.79. The second-order valence-electron chi connectivity index (χ2n) is 4.78. The SMILES string of the molecule is CCCNC(=O)c1cccc(NC(=O)Nc2ccccc2)c1. The summed E-state index contributed by atoms with van der Waals surface area (Å²) >= 11 is 0. The van der Waals surface area contributed by atoms with Gasteiger partial charge in [0.15, 0.2) is 0 Å². The molecule has 3 N–H and O–H groups in total. The standard InChI is InChI=1S/C17H19N3O2/c1-2-11-18-16(21)13-7-6-10-15(12-13)20-17(22)19-14-8-4-3-5-9-14/h3-10,12H,2,11H2,1H3,(H,18,21)(H2,19,20,22). The van der Waals surface area contributed by atoms with Crippen LogP contribution in [-0.4, -0.2) is 18.5 Å². The summed E-state index contributed by atoms with van der Waals surface area (Å²) in [6, 6.07) is 15.6. The topological polar surface area (TPSA) is 70.2 Å². The van der Waals surface area contributed by atoms with Crippen LogP contribution in [0.15, 0.2) is 54.6 Å². The Labute approximate surface area is 129 Å². The Bertz CT molecular complexity index is 641. The molecule has 3 amide bonds. The van der Waals surface area contributed by atoms with E-state index in [0.717, 1.165) is 6.42 Å². The molecule has 0 aromatic heterocycles. The second kappa shape index (κ2) is 7.83. The third kappa shape index (κ3) is 4.63. The molecule has 0 saturated heterocycles. The molecule has 0 radical (unpaired) electrons. The van der Waals surface area contributed by atoms with Crippen LogP contribution >= 0.6 is 0 Å². The molecule has 114 valence electrons. The molecule has 0 bridgehead atoms. The van der Waals surface area contributed by atoms with E-state index in [4.69, 9.17) is 0 Å². The van der Waals surface area contributed by atoms with Gasteiger partial charge in [0.25, 0.3) is 5.91 Å². The van der Waals surface area contributed by atoms with E-state index in [0.29, 0.717) is 23.5 Å². The van der Waals surface area contributed by atoms with Gasteiger partial charge < -0.3 is 16.0 Å². The van der Waals surface area contributed by atoms with Crippen LogP contribution < -0.4 is 16.0 Å². The van der Waals surface area contributed by atoms with Crippen molar-refractivity contribution in [2.75, 3.05) is 17.2 Å². The minimum atomic E-state index is -0.350. The van der Waals surface area contributed by atoms with E-state index in [1.165, 1.54) is 0 Å². The molecule has 0 aliphatic heterocycles. The number of hydrogen-bond donors (Lipinski definition) is 3. The van der Waals surface area contributed by atoms with Crippen molar-refractivity contribution >= 4 is 23.3 Å². The lowest BCUT2D eigenvalue weighted by Gasteiger charge is -2.09. The number of anilines is 2.